The molecule has 6 heteroatoms. The number of carbonyl (C=O) groups excluding carboxylic acids is 1. The number of aryl methyl sites for hydroxylation is 2. The molecular formula is C20H21N3O2S. The minimum Gasteiger partial charge on any atom is -0.411 e. The van der Waals surface area contributed by atoms with Gasteiger partial charge in [-0.2, -0.15) is 0 Å². The molecule has 2 aromatic carbocycles. The van der Waals surface area contributed by atoms with E-state index >= 15 is 0 Å². The van der Waals surface area contributed by atoms with Gasteiger partial charge in [0, 0.05) is 5.56 Å². The summed E-state index contributed by atoms with van der Waals surface area (Å²) in [6.07, 6.45) is 0. The van der Waals surface area contributed by atoms with E-state index in [-0.39, 0.29) is 17.7 Å². The molecule has 5 nitrogen and oxygen atoms in total. The summed E-state index contributed by atoms with van der Waals surface area (Å²) in [6.45, 7) is 6.13. The van der Waals surface area contributed by atoms with Crippen LogP contribution in [0.25, 0.3) is 11.5 Å². The maximum atomic E-state index is 12.2. The van der Waals surface area contributed by atoms with E-state index in [2.05, 4.69) is 41.5 Å². The van der Waals surface area contributed by atoms with Crippen molar-refractivity contribution in [1.29, 1.82) is 0 Å². The lowest BCUT2D eigenvalue weighted by atomic mass is 10.0. The van der Waals surface area contributed by atoms with E-state index in [4.69, 9.17) is 4.42 Å². The molecule has 0 fully saturated rings. The molecule has 1 N–H and O–H groups in total. The number of aromatic nitrogens is 2. The Kier molecular flexibility index (Phi) is 5.73. The summed E-state index contributed by atoms with van der Waals surface area (Å²) in [5, 5.41) is 11.4. The van der Waals surface area contributed by atoms with Gasteiger partial charge in [0.15, 0.2) is 0 Å². The standard InChI is InChI=1S/C20H21N3O2S/c1-13-9-10-17(11-14(13)2)15(3)21-18(24)12-26-20-23-22-19(25-20)16-7-5-4-6-8-16/h4-11,15H,12H2,1-3H3,(H,21,24). The largest absolute Gasteiger partial charge is 0.411 e. The first-order valence-corrected chi connectivity index (χ1v) is 9.39. The Morgan fingerprint density at radius 1 is 1.12 bits per heavy atom. The van der Waals surface area contributed by atoms with Crippen LogP contribution in [0.2, 0.25) is 0 Å². The summed E-state index contributed by atoms with van der Waals surface area (Å²) < 4.78 is 5.60. The number of thioether (sulfide) groups is 1. The van der Waals surface area contributed by atoms with Crippen LogP contribution < -0.4 is 5.32 Å². The van der Waals surface area contributed by atoms with Crippen molar-refractivity contribution in [2.24, 2.45) is 0 Å². The quantitative estimate of drug-likeness (QED) is 0.657. The topological polar surface area (TPSA) is 68.0 Å². The predicted octanol–water partition coefficient (Wildman–Crippen LogP) is 4.32. The number of nitrogens with zero attached hydrogens (tertiary/aromatic N) is 2. The van der Waals surface area contributed by atoms with Gasteiger partial charge in [0.25, 0.3) is 5.22 Å². The number of amides is 1. The molecule has 3 rings (SSSR count). The van der Waals surface area contributed by atoms with Gasteiger partial charge < -0.3 is 9.73 Å². The molecule has 0 spiro atoms. The number of carbonyl (C=O) groups is 1. The third kappa shape index (κ3) is 4.52. The lowest BCUT2D eigenvalue weighted by Gasteiger charge is -2.15. The first-order valence-electron chi connectivity index (χ1n) is 8.41. The average molecular weight is 367 g/mol. The van der Waals surface area contributed by atoms with Crippen molar-refractivity contribution >= 4 is 17.7 Å². The SMILES string of the molecule is Cc1ccc(C(C)NC(=O)CSc2nnc(-c3ccccc3)o2)cc1C. The number of hydrogen-bond acceptors (Lipinski definition) is 5. The average Bonchev–Trinajstić information content (AvgIpc) is 3.12. The van der Waals surface area contributed by atoms with Crippen LogP contribution in [-0.4, -0.2) is 21.9 Å². The van der Waals surface area contributed by atoms with Crippen LogP contribution in [0.5, 0.6) is 0 Å². The van der Waals surface area contributed by atoms with Gasteiger partial charge in [0.1, 0.15) is 0 Å². The number of rotatable bonds is 6. The van der Waals surface area contributed by atoms with E-state index in [0.29, 0.717) is 11.1 Å². The summed E-state index contributed by atoms with van der Waals surface area (Å²) in [6, 6.07) is 15.7. The maximum absolute atomic E-state index is 12.2. The van der Waals surface area contributed by atoms with Crippen molar-refractivity contribution in [2.45, 2.75) is 32.0 Å². The van der Waals surface area contributed by atoms with Crippen molar-refractivity contribution in [3.05, 3.63) is 65.2 Å². The molecule has 3 aromatic rings. The van der Waals surface area contributed by atoms with Crippen LogP contribution in [0, 0.1) is 13.8 Å². The van der Waals surface area contributed by atoms with Gasteiger partial charge in [-0.3, -0.25) is 4.79 Å². The minimum absolute atomic E-state index is 0.0510. The zero-order valence-electron chi connectivity index (χ0n) is 15.0. The Hall–Kier alpha value is -2.60. The van der Waals surface area contributed by atoms with Crippen molar-refractivity contribution in [1.82, 2.24) is 15.5 Å². The number of nitrogens with one attached hydrogen (secondary N) is 1. The molecule has 0 radical (unpaired) electrons. The summed E-state index contributed by atoms with van der Waals surface area (Å²) >= 11 is 1.23. The third-order valence-corrected chi connectivity index (χ3v) is 4.98. The van der Waals surface area contributed by atoms with Gasteiger partial charge in [0.2, 0.25) is 11.8 Å². The van der Waals surface area contributed by atoms with E-state index in [1.807, 2.05) is 43.3 Å². The highest BCUT2D eigenvalue weighted by Crippen LogP contribution is 2.23. The molecule has 0 saturated carbocycles. The van der Waals surface area contributed by atoms with Gasteiger partial charge >= 0.3 is 0 Å². The second-order valence-corrected chi connectivity index (χ2v) is 7.09. The Morgan fingerprint density at radius 3 is 2.62 bits per heavy atom. The summed E-state index contributed by atoms with van der Waals surface area (Å²) in [5.41, 5.74) is 4.42. The van der Waals surface area contributed by atoms with E-state index in [1.165, 1.54) is 22.9 Å². The summed E-state index contributed by atoms with van der Waals surface area (Å²) in [4.78, 5) is 12.2. The minimum atomic E-state index is -0.0693. The lowest BCUT2D eigenvalue weighted by Crippen LogP contribution is -2.28. The van der Waals surface area contributed by atoms with Crippen LogP contribution in [-0.2, 0) is 4.79 Å². The molecule has 0 saturated heterocycles. The second-order valence-electron chi connectivity index (χ2n) is 6.16. The van der Waals surface area contributed by atoms with Gasteiger partial charge in [-0.15, -0.1) is 10.2 Å². The van der Waals surface area contributed by atoms with Gasteiger partial charge in [-0.05, 0) is 49.6 Å². The first kappa shape index (κ1) is 18.2. The van der Waals surface area contributed by atoms with E-state index in [1.54, 1.807) is 0 Å². The molecule has 134 valence electrons. The molecule has 26 heavy (non-hydrogen) atoms. The van der Waals surface area contributed by atoms with Crippen LogP contribution in [0.15, 0.2) is 58.2 Å². The molecule has 0 aliphatic heterocycles. The van der Waals surface area contributed by atoms with Gasteiger partial charge in [-0.25, -0.2) is 0 Å². The zero-order chi connectivity index (χ0) is 18.5. The Bertz CT molecular complexity index is 893. The zero-order valence-corrected chi connectivity index (χ0v) is 15.8. The van der Waals surface area contributed by atoms with Gasteiger partial charge in [-0.1, -0.05) is 48.2 Å². The molecule has 0 bridgehead atoms. The third-order valence-electron chi connectivity index (χ3n) is 4.16. The summed E-state index contributed by atoms with van der Waals surface area (Å²) in [7, 11) is 0. The predicted molar refractivity (Wildman–Crippen MR) is 103 cm³/mol. The first-order chi connectivity index (χ1) is 12.5. The van der Waals surface area contributed by atoms with Crippen LogP contribution in [0.1, 0.15) is 29.7 Å². The Balaban J connectivity index is 1.54. The van der Waals surface area contributed by atoms with Gasteiger partial charge in [0.05, 0.1) is 11.8 Å². The van der Waals surface area contributed by atoms with Crippen LogP contribution >= 0.6 is 11.8 Å². The molecule has 1 unspecified atom stereocenters. The van der Waals surface area contributed by atoms with Crippen LogP contribution in [0.3, 0.4) is 0 Å². The van der Waals surface area contributed by atoms with E-state index in [0.717, 1.165) is 11.1 Å². The van der Waals surface area contributed by atoms with E-state index in [9.17, 15) is 4.79 Å². The Morgan fingerprint density at radius 2 is 1.88 bits per heavy atom. The summed E-state index contributed by atoms with van der Waals surface area (Å²) in [5.74, 6) is 0.614. The van der Waals surface area contributed by atoms with Crippen molar-refractivity contribution in [2.75, 3.05) is 5.75 Å². The highest BCUT2D eigenvalue weighted by molar-refractivity contribution is 7.99. The molecule has 0 aliphatic rings. The molecule has 1 amide bonds. The highest BCUT2D eigenvalue weighted by Gasteiger charge is 2.13. The highest BCUT2D eigenvalue weighted by atomic mass is 32.2. The molecule has 1 aromatic heterocycles. The second kappa shape index (κ2) is 8.19. The lowest BCUT2D eigenvalue weighted by molar-refractivity contribution is -0.119. The number of benzene rings is 2. The molecule has 1 atom stereocenters. The fraction of sp³-hybridized carbons (Fsp3) is 0.250. The smallest absolute Gasteiger partial charge is 0.277 e. The molecular weight excluding hydrogens is 346 g/mol. The molecule has 1 heterocycles. The van der Waals surface area contributed by atoms with Crippen molar-refractivity contribution < 1.29 is 9.21 Å². The maximum Gasteiger partial charge on any atom is 0.277 e. The number of hydrogen-bond donors (Lipinski definition) is 1. The molecule has 0 aliphatic carbocycles. The van der Waals surface area contributed by atoms with Crippen LogP contribution in [0.4, 0.5) is 0 Å². The normalized spacial score (nSPS) is 12.0. The monoisotopic (exact) mass is 367 g/mol. The fourth-order valence-electron chi connectivity index (χ4n) is 2.49. The van der Waals surface area contributed by atoms with E-state index < -0.39 is 0 Å². The fourth-order valence-corrected chi connectivity index (χ4v) is 3.07. The van der Waals surface area contributed by atoms with Crippen molar-refractivity contribution in [3.8, 4) is 11.5 Å². The van der Waals surface area contributed by atoms with Crippen molar-refractivity contribution in [3.63, 3.8) is 0 Å². The Labute approximate surface area is 157 Å².